The van der Waals surface area contributed by atoms with Crippen molar-refractivity contribution in [2.24, 2.45) is 17.3 Å². The predicted molar refractivity (Wildman–Crippen MR) is 102 cm³/mol. The van der Waals surface area contributed by atoms with Gasteiger partial charge in [-0.15, -0.1) is 0 Å². The zero-order chi connectivity index (χ0) is 18.8. The van der Waals surface area contributed by atoms with Gasteiger partial charge in [0.25, 0.3) is 0 Å². The van der Waals surface area contributed by atoms with Crippen molar-refractivity contribution in [2.75, 3.05) is 0 Å². The first-order chi connectivity index (χ1) is 11.5. The molecule has 0 saturated heterocycles. The molecule has 0 amide bonds. The van der Waals surface area contributed by atoms with Crippen LogP contribution in [0.1, 0.15) is 79.6 Å². The molecule has 0 aromatic heterocycles. The Hall–Kier alpha value is -1.09. The van der Waals surface area contributed by atoms with Gasteiger partial charge in [0.1, 0.15) is 6.10 Å². The highest BCUT2D eigenvalue weighted by Gasteiger charge is 2.56. The molecule has 1 N–H and O–H groups in total. The molecule has 0 heterocycles. The lowest BCUT2D eigenvalue weighted by Crippen LogP contribution is -2.32. The molecule has 0 aromatic carbocycles. The number of ether oxygens (including phenoxy) is 1. The summed E-state index contributed by atoms with van der Waals surface area (Å²) in [6.45, 7) is 14.0. The number of aliphatic hydroxyl groups is 1. The number of hydrogen-bond donors (Lipinski definition) is 1. The number of fused-ring (bicyclic) bond motifs is 1. The lowest BCUT2D eigenvalue weighted by molar-refractivity contribution is -0.145. The molecule has 0 aliphatic heterocycles. The average Bonchev–Trinajstić information content (AvgIpc) is 3.30. The summed E-state index contributed by atoms with van der Waals surface area (Å²) in [4.78, 5) is 11.4. The summed E-state index contributed by atoms with van der Waals surface area (Å²) in [5.74, 6) is 0.730. The van der Waals surface area contributed by atoms with E-state index in [0.29, 0.717) is 11.8 Å². The standard InChI is InChI=1S/C22H36O3/c1-15(2)20(25-17(4)23)10-13-21(5)12-9-16(3)8-7-11-22(6,24)19-14-18(19)21/h8,18-20,24H,1,7,9-14H2,2-6H3/b16-8+/t18-,19-,20+,21+,22-/m1/s1. The van der Waals surface area contributed by atoms with Crippen LogP contribution in [0.4, 0.5) is 0 Å². The van der Waals surface area contributed by atoms with Crippen molar-refractivity contribution in [1.29, 1.82) is 0 Å². The Bertz CT molecular complexity index is 545. The van der Waals surface area contributed by atoms with Gasteiger partial charge in [-0.05, 0) is 88.5 Å². The minimum atomic E-state index is -0.566. The second-order valence-electron chi connectivity index (χ2n) is 9.03. The summed E-state index contributed by atoms with van der Waals surface area (Å²) < 4.78 is 5.46. The Kier molecular flexibility index (Phi) is 6.19. The summed E-state index contributed by atoms with van der Waals surface area (Å²) in [6, 6.07) is 0. The molecule has 3 nitrogen and oxygen atoms in total. The zero-order valence-corrected chi connectivity index (χ0v) is 16.7. The van der Waals surface area contributed by atoms with E-state index >= 15 is 0 Å². The molecule has 0 spiro atoms. The largest absolute Gasteiger partial charge is 0.458 e. The van der Waals surface area contributed by atoms with Crippen LogP contribution in [0.2, 0.25) is 0 Å². The fourth-order valence-corrected chi connectivity index (χ4v) is 4.60. The first-order valence-electron chi connectivity index (χ1n) is 9.76. The van der Waals surface area contributed by atoms with Gasteiger partial charge in [-0.2, -0.15) is 0 Å². The summed E-state index contributed by atoms with van der Waals surface area (Å²) in [6.07, 6.45) is 9.12. The predicted octanol–water partition coefficient (Wildman–Crippen LogP) is 5.19. The van der Waals surface area contributed by atoms with Crippen LogP contribution in [0.25, 0.3) is 0 Å². The van der Waals surface area contributed by atoms with Crippen LogP contribution in [0.3, 0.4) is 0 Å². The van der Waals surface area contributed by atoms with E-state index in [1.165, 1.54) is 12.5 Å². The minimum Gasteiger partial charge on any atom is -0.458 e. The van der Waals surface area contributed by atoms with Gasteiger partial charge in [-0.3, -0.25) is 4.79 Å². The van der Waals surface area contributed by atoms with Gasteiger partial charge in [0.2, 0.25) is 0 Å². The Balaban J connectivity index is 2.12. The zero-order valence-electron chi connectivity index (χ0n) is 16.7. The summed E-state index contributed by atoms with van der Waals surface area (Å²) >= 11 is 0. The maximum atomic E-state index is 11.4. The Labute approximate surface area is 153 Å². The van der Waals surface area contributed by atoms with Crippen molar-refractivity contribution in [3.8, 4) is 0 Å². The Morgan fingerprint density at radius 1 is 1.36 bits per heavy atom. The van der Waals surface area contributed by atoms with Crippen LogP contribution >= 0.6 is 0 Å². The van der Waals surface area contributed by atoms with Gasteiger partial charge < -0.3 is 9.84 Å². The van der Waals surface area contributed by atoms with E-state index in [1.54, 1.807) is 0 Å². The normalized spacial score (nSPS) is 38.7. The van der Waals surface area contributed by atoms with Gasteiger partial charge in [0.15, 0.2) is 0 Å². The van der Waals surface area contributed by atoms with Crippen molar-refractivity contribution < 1.29 is 14.6 Å². The second kappa shape index (κ2) is 7.65. The van der Waals surface area contributed by atoms with Crippen molar-refractivity contribution in [3.63, 3.8) is 0 Å². The topological polar surface area (TPSA) is 46.5 Å². The fourth-order valence-electron chi connectivity index (χ4n) is 4.60. The maximum Gasteiger partial charge on any atom is 0.303 e. The van der Waals surface area contributed by atoms with Crippen LogP contribution in [0.15, 0.2) is 23.8 Å². The number of esters is 1. The Morgan fingerprint density at radius 2 is 2.04 bits per heavy atom. The molecule has 0 radical (unpaired) electrons. The third-order valence-electron chi connectivity index (χ3n) is 6.55. The second-order valence-corrected chi connectivity index (χ2v) is 9.03. The van der Waals surface area contributed by atoms with E-state index in [1.807, 2.05) is 13.8 Å². The molecule has 142 valence electrons. The minimum absolute atomic E-state index is 0.176. The average molecular weight is 349 g/mol. The first kappa shape index (κ1) is 20.2. The molecule has 2 rings (SSSR count). The van der Waals surface area contributed by atoms with Gasteiger partial charge in [-0.25, -0.2) is 0 Å². The van der Waals surface area contributed by atoms with Crippen molar-refractivity contribution in [1.82, 2.24) is 0 Å². The van der Waals surface area contributed by atoms with Crippen LogP contribution in [0, 0.1) is 17.3 Å². The lowest BCUT2D eigenvalue weighted by Gasteiger charge is -2.35. The molecule has 25 heavy (non-hydrogen) atoms. The number of rotatable bonds is 5. The molecule has 0 unspecified atom stereocenters. The number of allylic oxidation sites excluding steroid dienone is 2. The van der Waals surface area contributed by atoms with Crippen LogP contribution < -0.4 is 0 Å². The summed E-state index contributed by atoms with van der Waals surface area (Å²) in [7, 11) is 0. The fraction of sp³-hybridized carbons (Fsp3) is 0.773. The number of carbonyl (C=O) groups is 1. The number of carbonyl (C=O) groups excluding carboxylic acids is 1. The molecular weight excluding hydrogens is 312 g/mol. The molecule has 1 fully saturated rings. The molecule has 2 aliphatic carbocycles. The first-order valence-corrected chi connectivity index (χ1v) is 9.76. The molecule has 1 saturated carbocycles. The van der Waals surface area contributed by atoms with Crippen LogP contribution in [-0.2, 0) is 9.53 Å². The molecule has 0 bridgehead atoms. The highest BCUT2D eigenvalue weighted by Crippen LogP contribution is 2.60. The van der Waals surface area contributed by atoms with E-state index in [0.717, 1.165) is 50.5 Å². The van der Waals surface area contributed by atoms with Crippen molar-refractivity contribution in [3.05, 3.63) is 23.8 Å². The third kappa shape index (κ3) is 5.20. The SMILES string of the molecule is C=C(C)[C@H](CC[C@]1(C)CC/C(C)=C/CC[C@@](C)(O)[C@@H]2C[C@H]21)OC(C)=O. The van der Waals surface area contributed by atoms with E-state index in [4.69, 9.17) is 4.74 Å². The van der Waals surface area contributed by atoms with E-state index < -0.39 is 5.60 Å². The van der Waals surface area contributed by atoms with E-state index in [2.05, 4.69) is 26.5 Å². The van der Waals surface area contributed by atoms with Gasteiger partial charge in [0, 0.05) is 6.92 Å². The van der Waals surface area contributed by atoms with Crippen molar-refractivity contribution >= 4 is 5.97 Å². The molecule has 3 heteroatoms. The van der Waals surface area contributed by atoms with E-state index in [9.17, 15) is 9.90 Å². The maximum absolute atomic E-state index is 11.4. The molecule has 5 atom stereocenters. The van der Waals surface area contributed by atoms with Gasteiger partial charge >= 0.3 is 5.97 Å². The molecule has 0 aromatic rings. The smallest absolute Gasteiger partial charge is 0.303 e. The monoisotopic (exact) mass is 348 g/mol. The molecule has 2 aliphatic rings. The lowest BCUT2D eigenvalue weighted by atomic mass is 9.72. The summed E-state index contributed by atoms with van der Waals surface area (Å²) in [5, 5.41) is 10.9. The Morgan fingerprint density at radius 3 is 2.64 bits per heavy atom. The summed E-state index contributed by atoms with van der Waals surface area (Å²) in [5.41, 5.74) is 1.95. The number of hydrogen-bond acceptors (Lipinski definition) is 3. The molecular formula is C22H36O3. The van der Waals surface area contributed by atoms with Crippen LogP contribution in [0.5, 0.6) is 0 Å². The third-order valence-corrected chi connectivity index (χ3v) is 6.55. The van der Waals surface area contributed by atoms with Crippen LogP contribution in [-0.4, -0.2) is 22.8 Å². The quantitative estimate of drug-likeness (QED) is 0.549. The highest BCUT2D eigenvalue weighted by molar-refractivity contribution is 5.66. The van der Waals surface area contributed by atoms with Gasteiger partial charge in [0.05, 0.1) is 5.60 Å². The van der Waals surface area contributed by atoms with E-state index in [-0.39, 0.29) is 17.5 Å². The van der Waals surface area contributed by atoms with Crippen molar-refractivity contribution in [2.45, 2.75) is 91.3 Å². The highest BCUT2D eigenvalue weighted by atomic mass is 16.5. The van der Waals surface area contributed by atoms with Gasteiger partial charge in [-0.1, -0.05) is 25.2 Å².